The van der Waals surface area contributed by atoms with Crippen molar-refractivity contribution in [2.24, 2.45) is 0 Å². The van der Waals surface area contributed by atoms with Crippen molar-refractivity contribution >= 4 is 8.80 Å². The van der Waals surface area contributed by atoms with Crippen LogP contribution in [0, 0.1) is 51.4 Å². The Morgan fingerprint density at radius 2 is 1.35 bits per heavy atom. The normalized spacial score (nSPS) is 9.75. The SMILES string of the molecule is C#CO[Si](CCc1cc(C)cc(C)c1)(OC#C)OC#C. The van der Waals surface area contributed by atoms with Crippen LogP contribution in [0.5, 0.6) is 0 Å². The van der Waals surface area contributed by atoms with Crippen LogP contribution in [0.1, 0.15) is 16.7 Å². The van der Waals surface area contributed by atoms with Crippen LogP contribution in [0.25, 0.3) is 0 Å². The first-order chi connectivity index (χ1) is 9.55. The molecule has 3 nitrogen and oxygen atoms in total. The van der Waals surface area contributed by atoms with Gasteiger partial charge in [-0.05, 0) is 25.8 Å². The first-order valence-electron chi connectivity index (χ1n) is 6.03. The standard InChI is InChI=1S/C16H16O3Si/c1-6-17-20(18-7-2,19-8-3)10-9-16-12-14(4)11-15(5)13-16/h1-3,11-13H,9-10H2,4-5H3. The van der Waals surface area contributed by atoms with E-state index in [1.807, 2.05) is 13.8 Å². The van der Waals surface area contributed by atoms with Gasteiger partial charge in [0.05, 0.1) is 24.4 Å². The van der Waals surface area contributed by atoms with Gasteiger partial charge in [0.25, 0.3) is 0 Å². The van der Waals surface area contributed by atoms with Gasteiger partial charge in [-0.25, -0.2) is 0 Å². The van der Waals surface area contributed by atoms with E-state index in [1.54, 1.807) is 0 Å². The molecule has 0 amide bonds. The Morgan fingerprint density at radius 1 is 0.900 bits per heavy atom. The minimum absolute atomic E-state index is 0.411. The second-order valence-corrected chi connectivity index (χ2v) is 6.82. The Labute approximate surface area is 121 Å². The number of hydrogen-bond donors (Lipinski definition) is 0. The molecule has 0 saturated carbocycles. The maximum Gasteiger partial charge on any atom is 0.725 e. The average molecular weight is 284 g/mol. The van der Waals surface area contributed by atoms with E-state index >= 15 is 0 Å². The second kappa shape index (κ2) is 7.19. The molecule has 1 aromatic rings. The van der Waals surface area contributed by atoms with Crippen LogP contribution in [0.4, 0.5) is 0 Å². The minimum Gasteiger partial charge on any atom is -0.432 e. The molecule has 0 radical (unpaired) electrons. The fourth-order valence-electron chi connectivity index (χ4n) is 2.00. The third-order valence-corrected chi connectivity index (χ3v) is 4.79. The van der Waals surface area contributed by atoms with Crippen LogP contribution < -0.4 is 0 Å². The number of aryl methyl sites for hydroxylation is 3. The van der Waals surface area contributed by atoms with E-state index in [1.165, 1.54) is 11.1 Å². The van der Waals surface area contributed by atoms with Crippen molar-refractivity contribution in [1.29, 1.82) is 0 Å². The van der Waals surface area contributed by atoms with Gasteiger partial charge in [0.2, 0.25) is 0 Å². The molecule has 0 heterocycles. The van der Waals surface area contributed by atoms with Crippen LogP contribution in [0.15, 0.2) is 18.2 Å². The van der Waals surface area contributed by atoms with Gasteiger partial charge in [0, 0.05) is 0 Å². The Hall–Kier alpha value is -2.48. The van der Waals surface area contributed by atoms with Gasteiger partial charge < -0.3 is 13.3 Å². The molecule has 0 bridgehead atoms. The molecule has 0 aromatic heterocycles. The van der Waals surface area contributed by atoms with Gasteiger partial charge >= 0.3 is 8.80 Å². The van der Waals surface area contributed by atoms with E-state index in [0.29, 0.717) is 12.5 Å². The molecule has 0 N–H and O–H groups in total. The van der Waals surface area contributed by atoms with Crippen molar-refractivity contribution in [3.05, 3.63) is 34.9 Å². The summed E-state index contributed by atoms with van der Waals surface area (Å²) in [5, 5.41) is 0. The van der Waals surface area contributed by atoms with E-state index in [9.17, 15) is 0 Å². The summed E-state index contributed by atoms with van der Waals surface area (Å²) in [6.45, 7) is 4.07. The van der Waals surface area contributed by atoms with Gasteiger partial charge in [-0.3, -0.25) is 0 Å². The molecule has 0 aliphatic heterocycles. The molecule has 0 atom stereocenters. The maximum absolute atomic E-state index is 5.16. The Kier molecular flexibility index (Phi) is 5.60. The summed E-state index contributed by atoms with van der Waals surface area (Å²) in [4.78, 5) is 0. The summed E-state index contributed by atoms with van der Waals surface area (Å²) in [7, 11) is -3.22. The predicted molar refractivity (Wildman–Crippen MR) is 79.9 cm³/mol. The molecule has 4 heteroatoms. The zero-order valence-corrected chi connectivity index (χ0v) is 12.6. The molecule has 20 heavy (non-hydrogen) atoms. The highest BCUT2D eigenvalue weighted by Crippen LogP contribution is 2.19. The Balaban J connectivity index is 2.88. The maximum atomic E-state index is 5.16. The van der Waals surface area contributed by atoms with E-state index in [0.717, 1.165) is 5.56 Å². The highest BCUT2D eigenvalue weighted by Gasteiger charge is 2.48. The molecule has 1 aromatic carbocycles. The van der Waals surface area contributed by atoms with Crippen molar-refractivity contribution in [2.75, 3.05) is 0 Å². The van der Waals surface area contributed by atoms with Gasteiger partial charge in [-0.15, -0.1) is 0 Å². The van der Waals surface area contributed by atoms with Crippen molar-refractivity contribution in [3.8, 4) is 37.6 Å². The monoisotopic (exact) mass is 284 g/mol. The first kappa shape index (κ1) is 15.6. The average Bonchev–Trinajstić information content (AvgIpc) is 2.36. The molecular formula is C16H16O3Si. The lowest BCUT2D eigenvalue weighted by Gasteiger charge is -2.21. The molecule has 0 fully saturated rings. The minimum atomic E-state index is -3.22. The zero-order valence-electron chi connectivity index (χ0n) is 11.6. The van der Waals surface area contributed by atoms with E-state index < -0.39 is 8.80 Å². The summed E-state index contributed by atoms with van der Waals surface area (Å²) in [6, 6.07) is 6.66. The van der Waals surface area contributed by atoms with Crippen LogP contribution in [-0.4, -0.2) is 8.80 Å². The summed E-state index contributed by atoms with van der Waals surface area (Å²) < 4.78 is 15.4. The van der Waals surface area contributed by atoms with Gasteiger partial charge in [0.15, 0.2) is 0 Å². The van der Waals surface area contributed by atoms with E-state index in [4.69, 9.17) is 32.5 Å². The molecular weight excluding hydrogens is 268 g/mol. The molecule has 1 rings (SSSR count). The topological polar surface area (TPSA) is 27.7 Å². The second-order valence-electron chi connectivity index (χ2n) is 4.34. The van der Waals surface area contributed by atoms with Gasteiger partial charge in [-0.2, -0.15) is 0 Å². The van der Waals surface area contributed by atoms with Crippen LogP contribution in [0.2, 0.25) is 6.04 Å². The fraction of sp³-hybridized carbons (Fsp3) is 0.250. The third kappa shape index (κ3) is 4.32. The van der Waals surface area contributed by atoms with Crippen LogP contribution in [-0.2, 0) is 19.7 Å². The third-order valence-electron chi connectivity index (χ3n) is 2.64. The van der Waals surface area contributed by atoms with Gasteiger partial charge in [-0.1, -0.05) is 48.6 Å². The number of hydrogen-bond acceptors (Lipinski definition) is 3. The van der Waals surface area contributed by atoms with E-state index in [-0.39, 0.29) is 0 Å². The van der Waals surface area contributed by atoms with Crippen molar-refractivity contribution in [3.63, 3.8) is 0 Å². The summed E-state index contributed by atoms with van der Waals surface area (Å²) >= 11 is 0. The molecule has 0 aliphatic carbocycles. The largest absolute Gasteiger partial charge is 0.725 e. The van der Waals surface area contributed by atoms with Crippen molar-refractivity contribution < 1.29 is 13.3 Å². The van der Waals surface area contributed by atoms with Crippen LogP contribution in [0.3, 0.4) is 0 Å². The Morgan fingerprint density at radius 3 is 1.75 bits per heavy atom. The van der Waals surface area contributed by atoms with Crippen LogP contribution >= 0.6 is 0 Å². The first-order valence-corrected chi connectivity index (χ1v) is 7.96. The lowest BCUT2D eigenvalue weighted by Crippen LogP contribution is -2.42. The number of terminal acetylenes is 3. The summed E-state index contributed by atoms with van der Waals surface area (Å²) in [5.41, 5.74) is 3.49. The van der Waals surface area contributed by atoms with Crippen molar-refractivity contribution in [1.82, 2.24) is 0 Å². The number of benzene rings is 1. The smallest absolute Gasteiger partial charge is 0.432 e. The predicted octanol–water partition coefficient (Wildman–Crippen LogP) is 2.61. The molecule has 102 valence electrons. The lowest BCUT2D eigenvalue weighted by molar-refractivity contribution is 0.212. The summed E-state index contributed by atoms with van der Waals surface area (Å²) in [6.07, 6.45) is 22.3. The quantitative estimate of drug-likeness (QED) is 0.593. The highest BCUT2D eigenvalue weighted by molar-refractivity contribution is 6.61. The summed E-state index contributed by atoms with van der Waals surface area (Å²) in [5.74, 6) is 0. The van der Waals surface area contributed by atoms with Crippen molar-refractivity contribution in [2.45, 2.75) is 26.3 Å². The molecule has 0 aliphatic rings. The number of rotatable bonds is 6. The van der Waals surface area contributed by atoms with E-state index in [2.05, 4.69) is 36.5 Å². The lowest BCUT2D eigenvalue weighted by atomic mass is 10.1. The fourth-order valence-corrected chi connectivity index (χ4v) is 3.56. The zero-order chi connectivity index (χ0) is 15.0. The molecule has 0 spiro atoms. The molecule has 0 unspecified atom stereocenters. The van der Waals surface area contributed by atoms with Gasteiger partial charge in [0.1, 0.15) is 0 Å². The Bertz CT molecular complexity index is 526. The molecule has 0 saturated heterocycles. The highest BCUT2D eigenvalue weighted by atomic mass is 28.4.